The molecule has 1 unspecified atom stereocenters. The van der Waals surface area contributed by atoms with Crippen LogP contribution in [0.3, 0.4) is 0 Å². The monoisotopic (exact) mass is 489 g/mol. The lowest BCUT2D eigenvalue weighted by atomic mass is 10.1. The average molecular weight is 490 g/mol. The summed E-state index contributed by atoms with van der Waals surface area (Å²) in [7, 11) is 0. The second-order valence-electron chi connectivity index (χ2n) is 8.56. The van der Waals surface area contributed by atoms with Crippen LogP contribution in [-0.4, -0.2) is 43.8 Å². The van der Waals surface area contributed by atoms with Gasteiger partial charge in [0.25, 0.3) is 5.91 Å². The highest BCUT2D eigenvalue weighted by atomic mass is 32.2. The van der Waals surface area contributed by atoms with Gasteiger partial charge in [0.15, 0.2) is 11.0 Å². The van der Waals surface area contributed by atoms with Crippen molar-refractivity contribution in [1.82, 2.24) is 19.7 Å². The molecule has 7 nitrogen and oxygen atoms in total. The minimum Gasteiger partial charge on any atom is -0.328 e. The standard InChI is InChI=1S/C27H31N5O2S/c1-4-16-32-25(23-15-10-17-31(23)26(34)21-13-8-6-11-19(21)3)29-30-27(32)35-18-24(33)28-22-14-9-7-12-20(22)5-2/h4,6-9,11-14,23H,1,5,10,15-18H2,2-3H3,(H,28,33). The van der Waals surface area contributed by atoms with E-state index in [4.69, 9.17) is 0 Å². The summed E-state index contributed by atoms with van der Waals surface area (Å²) in [5, 5.41) is 12.5. The summed E-state index contributed by atoms with van der Waals surface area (Å²) < 4.78 is 1.97. The number of nitrogens with zero attached hydrogens (tertiary/aromatic N) is 4. The van der Waals surface area contributed by atoms with Gasteiger partial charge in [-0.1, -0.05) is 61.2 Å². The molecule has 0 spiro atoms. The maximum atomic E-state index is 13.4. The number of anilines is 1. The molecule has 8 heteroatoms. The highest BCUT2D eigenvalue weighted by Gasteiger charge is 2.35. The van der Waals surface area contributed by atoms with E-state index in [0.717, 1.165) is 41.9 Å². The maximum Gasteiger partial charge on any atom is 0.254 e. The number of benzene rings is 2. The minimum absolute atomic E-state index is 0.0157. The van der Waals surface area contributed by atoms with E-state index in [0.29, 0.717) is 23.8 Å². The van der Waals surface area contributed by atoms with Crippen molar-refractivity contribution in [2.45, 2.75) is 50.9 Å². The van der Waals surface area contributed by atoms with E-state index in [1.54, 1.807) is 6.08 Å². The topological polar surface area (TPSA) is 80.1 Å². The first kappa shape index (κ1) is 24.7. The van der Waals surface area contributed by atoms with E-state index >= 15 is 0 Å². The Morgan fingerprint density at radius 2 is 1.94 bits per heavy atom. The number of likely N-dealkylation sites (tertiary alicyclic amines) is 1. The number of hydrogen-bond donors (Lipinski definition) is 1. The lowest BCUT2D eigenvalue weighted by Gasteiger charge is -2.25. The molecule has 1 atom stereocenters. The number of rotatable bonds is 9. The summed E-state index contributed by atoms with van der Waals surface area (Å²) in [6.45, 7) is 9.09. The zero-order chi connectivity index (χ0) is 24.8. The number of carbonyl (C=O) groups excluding carboxylic acids is 2. The van der Waals surface area contributed by atoms with E-state index in [2.05, 4.69) is 29.0 Å². The second-order valence-corrected chi connectivity index (χ2v) is 9.50. The van der Waals surface area contributed by atoms with E-state index in [1.807, 2.05) is 64.9 Å². The molecule has 1 aromatic heterocycles. The van der Waals surface area contributed by atoms with Gasteiger partial charge in [-0.25, -0.2) is 0 Å². The molecule has 182 valence electrons. The fourth-order valence-corrected chi connectivity index (χ4v) is 5.22. The SMILES string of the molecule is C=CCn1c(SCC(=O)Nc2ccccc2CC)nnc1C1CCCN1C(=O)c1ccccc1C. The van der Waals surface area contributed by atoms with Crippen LogP contribution in [0, 0.1) is 6.92 Å². The fourth-order valence-electron chi connectivity index (χ4n) is 4.47. The molecule has 0 saturated carbocycles. The number of nitrogens with one attached hydrogen (secondary N) is 1. The normalized spacial score (nSPS) is 15.3. The van der Waals surface area contributed by atoms with Crippen LogP contribution in [-0.2, 0) is 17.8 Å². The molecule has 1 saturated heterocycles. The highest BCUT2D eigenvalue weighted by Crippen LogP contribution is 2.34. The van der Waals surface area contributed by atoms with E-state index in [9.17, 15) is 9.59 Å². The third kappa shape index (κ3) is 5.48. The van der Waals surface area contributed by atoms with E-state index < -0.39 is 0 Å². The molecule has 0 bridgehead atoms. The molecule has 0 radical (unpaired) electrons. The van der Waals surface area contributed by atoms with Gasteiger partial charge >= 0.3 is 0 Å². The molecule has 2 amide bonds. The van der Waals surface area contributed by atoms with Crippen molar-refractivity contribution in [2.75, 3.05) is 17.6 Å². The first-order valence-corrected chi connectivity index (χ1v) is 12.9. The van der Waals surface area contributed by atoms with Gasteiger partial charge in [0.1, 0.15) is 0 Å². The molecule has 1 aliphatic rings. The molecule has 2 heterocycles. The van der Waals surface area contributed by atoms with Gasteiger partial charge in [0.2, 0.25) is 5.91 Å². The molecular weight excluding hydrogens is 458 g/mol. The van der Waals surface area contributed by atoms with Crippen molar-refractivity contribution in [3.63, 3.8) is 0 Å². The molecule has 35 heavy (non-hydrogen) atoms. The lowest BCUT2D eigenvalue weighted by molar-refractivity contribution is -0.113. The summed E-state index contributed by atoms with van der Waals surface area (Å²) in [5.41, 5.74) is 3.61. The van der Waals surface area contributed by atoms with Gasteiger partial charge < -0.3 is 14.8 Å². The van der Waals surface area contributed by atoms with Crippen molar-refractivity contribution in [1.29, 1.82) is 0 Å². The number of para-hydroxylation sites is 1. The first-order valence-electron chi connectivity index (χ1n) is 11.9. The molecule has 1 fully saturated rings. The Hall–Kier alpha value is -3.39. The van der Waals surface area contributed by atoms with Crippen molar-refractivity contribution in [3.05, 3.63) is 83.7 Å². The first-order chi connectivity index (χ1) is 17.0. The summed E-state index contributed by atoms with van der Waals surface area (Å²) in [6.07, 6.45) is 4.37. The molecular formula is C27H31N5O2S. The number of allylic oxidation sites excluding steroid dienone is 1. The number of amides is 2. The second kappa shape index (κ2) is 11.4. The summed E-state index contributed by atoms with van der Waals surface area (Å²) in [4.78, 5) is 27.9. The predicted octanol–water partition coefficient (Wildman–Crippen LogP) is 5.04. The Balaban J connectivity index is 1.50. The van der Waals surface area contributed by atoms with Crippen LogP contribution in [0.4, 0.5) is 5.69 Å². The van der Waals surface area contributed by atoms with Gasteiger partial charge in [0.05, 0.1) is 11.8 Å². The Morgan fingerprint density at radius 3 is 2.71 bits per heavy atom. The number of carbonyl (C=O) groups is 2. The van der Waals surface area contributed by atoms with Crippen LogP contribution in [0.25, 0.3) is 0 Å². The molecule has 1 N–H and O–H groups in total. The number of thioether (sulfide) groups is 1. The van der Waals surface area contributed by atoms with Crippen molar-refractivity contribution >= 4 is 29.3 Å². The number of aromatic nitrogens is 3. The largest absolute Gasteiger partial charge is 0.328 e. The quantitative estimate of drug-likeness (QED) is 0.336. The highest BCUT2D eigenvalue weighted by molar-refractivity contribution is 7.99. The predicted molar refractivity (Wildman–Crippen MR) is 140 cm³/mol. The summed E-state index contributed by atoms with van der Waals surface area (Å²) in [5.74, 6) is 0.873. The van der Waals surface area contributed by atoms with Crippen LogP contribution < -0.4 is 5.32 Å². The molecule has 0 aliphatic carbocycles. The van der Waals surface area contributed by atoms with Crippen LogP contribution >= 0.6 is 11.8 Å². The van der Waals surface area contributed by atoms with E-state index in [1.165, 1.54) is 11.8 Å². The third-order valence-corrected chi connectivity index (χ3v) is 7.22. The maximum absolute atomic E-state index is 13.4. The third-order valence-electron chi connectivity index (χ3n) is 6.25. The van der Waals surface area contributed by atoms with Gasteiger partial charge in [-0.3, -0.25) is 9.59 Å². The van der Waals surface area contributed by atoms with Crippen LogP contribution in [0.15, 0.2) is 66.3 Å². The Kier molecular flexibility index (Phi) is 8.02. The summed E-state index contributed by atoms with van der Waals surface area (Å²) in [6, 6.07) is 15.3. The van der Waals surface area contributed by atoms with Crippen molar-refractivity contribution in [3.8, 4) is 0 Å². The number of aryl methyl sites for hydroxylation is 2. The molecule has 3 aromatic rings. The van der Waals surface area contributed by atoms with Crippen molar-refractivity contribution < 1.29 is 9.59 Å². The van der Waals surface area contributed by atoms with Gasteiger partial charge in [-0.05, 0) is 49.4 Å². The van der Waals surface area contributed by atoms with Crippen LogP contribution in [0.5, 0.6) is 0 Å². The van der Waals surface area contributed by atoms with Gasteiger partial charge in [-0.15, -0.1) is 16.8 Å². The smallest absolute Gasteiger partial charge is 0.254 e. The van der Waals surface area contributed by atoms with E-state index in [-0.39, 0.29) is 23.6 Å². The number of hydrogen-bond acceptors (Lipinski definition) is 5. The van der Waals surface area contributed by atoms with Gasteiger partial charge in [-0.2, -0.15) is 0 Å². The van der Waals surface area contributed by atoms with Crippen LogP contribution in [0.1, 0.15) is 53.1 Å². The molecule has 1 aliphatic heterocycles. The van der Waals surface area contributed by atoms with Crippen LogP contribution in [0.2, 0.25) is 0 Å². The van der Waals surface area contributed by atoms with Gasteiger partial charge in [0, 0.05) is 24.3 Å². The zero-order valence-corrected chi connectivity index (χ0v) is 21.1. The minimum atomic E-state index is -0.158. The molecule has 4 rings (SSSR count). The average Bonchev–Trinajstić information content (AvgIpc) is 3.50. The summed E-state index contributed by atoms with van der Waals surface area (Å²) >= 11 is 1.34. The molecule has 2 aromatic carbocycles. The zero-order valence-electron chi connectivity index (χ0n) is 20.2. The Bertz CT molecular complexity index is 1220. The lowest BCUT2D eigenvalue weighted by Crippen LogP contribution is -2.32. The fraction of sp³-hybridized carbons (Fsp3) is 0.333. The van der Waals surface area contributed by atoms with Crippen molar-refractivity contribution in [2.24, 2.45) is 0 Å². The Labute approximate surface area is 210 Å². The Morgan fingerprint density at radius 1 is 1.17 bits per heavy atom.